The molecule has 0 radical (unpaired) electrons. The second kappa shape index (κ2) is 6.74. The summed E-state index contributed by atoms with van der Waals surface area (Å²) < 4.78 is 40.0. The van der Waals surface area contributed by atoms with Crippen LogP contribution in [0.15, 0.2) is 42.5 Å². The van der Waals surface area contributed by atoms with Crippen molar-refractivity contribution in [2.24, 2.45) is 5.73 Å². The summed E-state index contributed by atoms with van der Waals surface area (Å²) in [6, 6.07) is 9.82. The minimum atomic E-state index is -0.912. The van der Waals surface area contributed by atoms with Crippen molar-refractivity contribution in [1.29, 1.82) is 0 Å². The van der Waals surface area contributed by atoms with Gasteiger partial charge in [-0.1, -0.05) is 24.3 Å². The van der Waals surface area contributed by atoms with Gasteiger partial charge in [-0.2, -0.15) is 0 Å². The van der Waals surface area contributed by atoms with E-state index in [0.717, 1.165) is 12.1 Å². The summed E-state index contributed by atoms with van der Waals surface area (Å²) in [6.07, 6.45) is 0. The summed E-state index contributed by atoms with van der Waals surface area (Å²) in [5, 5.41) is 0. The Morgan fingerprint density at radius 1 is 1.00 bits per heavy atom. The maximum Gasteiger partial charge on any atom is 0.159 e. The lowest BCUT2D eigenvalue weighted by Crippen LogP contribution is -2.30. The van der Waals surface area contributed by atoms with Crippen molar-refractivity contribution in [2.75, 3.05) is 13.6 Å². The van der Waals surface area contributed by atoms with Crippen LogP contribution < -0.4 is 5.73 Å². The van der Waals surface area contributed by atoms with Gasteiger partial charge in [-0.15, -0.1) is 0 Å². The first-order valence-electron chi connectivity index (χ1n) is 6.61. The monoisotopic (exact) mass is 294 g/mol. The van der Waals surface area contributed by atoms with E-state index in [1.54, 1.807) is 25.2 Å². The van der Waals surface area contributed by atoms with Crippen molar-refractivity contribution in [2.45, 2.75) is 12.6 Å². The molecule has 0 bridgehead atoms. The smallest absolute Gasteiger partial charge is 0.159 e. The van der Waals surface area contributed by atoms with Crippen molar-refractivity contribution in [1.82, 2.24) is 4.90 Å². The minimum Gasteiger partial charge on any atom is -0.329 e. The second-order valence-corrected chi connectivity index (χ2v) is 4.93. The van der Waals surface area contributed by atoms with Gasteiger partial charge in [0.05, 0.1) is 0 Å². The quantitative estimate of drug-likeness (QED) is 0.917. The molecule has 1 atom stereocenters. The zero-order chi connectivity index (χ0) is 15.4. The Hall–Kier alpha value is -1.85. The van der Waals surface area contributed by atoms with E-state index < -0.39 is 11.6 Å². The fourth-order valence-electron chi connectivity index (χ4n) is 2.30. The fourth-order valence-corrected chi connectivity index (χ4v) is 2.30. The molecule has 21 heavy (non-hydrogen) atoms. The Kier molecular flexibility index (Phi) is 4.98. The lowest BCUT2D eigenvalue weighted by Gasteiger charge is -2.27. The van der Waals surface area contributed by atoms with Gasteiger partial charge in [-0.05, 0) is 30.8 Å². The molecule has 2 aromatic rings. The van der Waals surface area contributed by atoms with Crippen molar-refractivity contribution < 1.29 is 13.2 Å². The maximum atomic E-state index is 13.7. The lowest BCUT2D eigenvalue weighted by atomic mass is 10.0. The summed E-state index contributed by atoms with van der Waals surface area (Å²) in [6.45, 7) is 0.545. The maximum absolute atomic E-state index is 13.7. The summed E-state index contributed by atoms with van der Waals surface area (Å²) in [5.74, 6) is -2.11. The number of hydrogen-bond donors (Lipinski definition) is 1. The zero-order valence-corrected chi connectivity index (χ0v) is 11.7. The van der Waals surface area contributed by atoms with Crippen LogP contribution in [0.5, 0.6) is 0 Å². The molecule has 0 heterocycles. The molecule has 0 fully saturated rings. The minimum absolute atomic E-state index is 0.218. The van der Waals surface area contributed by atoms with Crippen molar-refractivity contribution >= 4 is 0 Å². The molecule has 2 N–H and O–H groups in total. The lowest BCUT2D eigenvalue weighted by molar-refractivity contribution is 0.238. The molecule has 0 aliphatic heterocycles. The van der Waals surface area contributed by atoms with Gasteiger partial charge in [0.1, 0.15) is 5.82 Å². The molecule has 2 aromatic carbocycles. The average molecular weight is 294 g/mol. The van der Waals surface area contributed by atoms with Crippen molar-refractivity contribution in [3.05, 3.63) is 71.0 Å². The zero-order valence-electron chi connectivity index (χ0n) is 11.7. The number of benzene rings is 2. The number of hydrogen-bond acceptors (Lipinski definition) is 2. The molecule has 0 saturated heterocycles. The normalized spacial score (nSPS) is 12.7. The van der Waals surface area contributed by atoms with Gasteiger partial charge >= 0.3 is 0 Å². The Labute approximate surface area is 122 Å². The van der Waals surface area contributed by atoms with Crippen LogP contribution in [0.2, 0.25) is 0 Å². The van der Waals surface area contributed by atoms with E-state index in [1.807, 2.05) is 4.90 Å². The molecule has 2 rings (SSSR count). The first-order chi connectivity index (χ1) is 10.0. The van der Waals surface area contributed by atoms with E-state index in [1.165, 1.54) is 12.1 Å². The number of likely N-dealkylation sites (N-methyl/N-ethyl adjacent to an activating group) is 1. The van der Waals surface area contributed by atoms with Crippen molar-refractivity contribution in [3.8, 4) is 0 Å². The van der Waals surface area contributed by atoms with Gasteiger partial charge in [0, 0.05) is 24.7 Å². The number of halogens is 3. The van der Waals surface area contributed by atoms with E-state index in [4.69, 9.17) is 5.73 Å². The Bertz CT molecular complexity index is 616. The Morgan fingerprint density at radius 2 is 1.71 bits per heavy atom. The standard InChI is InChI=1S/C16H17F3N2/c1-21(10-12-4-2-3-5-13(12)17)16(9-20)11-6-7-14(18)15(19)8-11/h2-8,16H,9-10,20H2,1H3. The highest BCUT2D eigenvalue weighted by Gasteiger charge is 2.18. The topological polar surface area (TPSA) is 29.3 Å². The Balaban J connectivity index is 2.20. The number of nitrogens with two attached hydrogens (primary N) is 1. The first kappa shape index (κ1) is 15.5. The third-order valence-electron chi connectivity index (χ3n) is 3.46. The molecule has 1 unspecified atom stereocenters. The van der Waals surface area contributed by atoms with Crippen LogP contribution in [0.3, 0.4) is 0 Å². The van der Waals surface area contributed by atoms with Crippen LogP contribution in [0.1, 0.15) is 17.2 Å². The molecule has 0 aliphatic carbocycles. The third kappa shape index (κ3) is 3.62. The van der Waals surface area contributed by atoms with Gasteiger partial charge < -0.3 is 5.73 Å². The first-order valence-corrected chi connectivity index (χ1v) is 6.61. The molecule has 0 saturated carbocycles. The van der Waals surface area contributed by atoms with Gasteiger partial charge in [-0.3, -0.25) is 4.90 Å². The molecular weight excluding hydrogens is 277 g/mol. The SMILES string of the molecule is CN(Cc1ccccc1F)C(CN)c1ccc(F)c(F)c1. The third-order valence-corrected chi connectivity index (χ3v) is 3.46. The van der Waals surface area contributed by atoms with Crippen molar-refractivity contribution in [3.63, 3.8) is 0 Å². The van der Waals surface area contributed by atoms with Gasteiger partial charge in [0.25, 0.3) is 0 Å². The van der Waals surface area contributed by atoms with Gasteiger partial charge in [-0.25, -0.2) is 13.2 Å². The van der Waals surface area contributed by atoms with E-state index in [-0.39, 0.29) is 18.4 Å². The highest BCUT2D eigenvalue weighted by molar-refractivity contribution is 5.23. The van der Waals surface area contributed by atoms with Crippen LogP contribution >= 0.6 is 0 Å². The highest BCUT2D eigenvalue weighted by Crippen LogP contribution is 2.22. The van der Waals surface area contributed by atoms with E-state index in [0.29, 0.717) is 17.7 Å². The summed E-state index contributed by atoms with van der Waals surface area (Å²) >= 11 is 0. The number of rotatable bonds is 5. The number of nitrogens with zero attached hydrogens (tertiary/aromatic N) is 1. The summed E-state index contributed by atoms with van der Waals surface area (Å²) in [7, 11) is 1.77. The summed E-state index contributed by atoms with van der Waals surface area (Å²) in [5.41, 5.74) is 6.83. The fraction of sp³-hybridized carbons (Fsp3) is 0.250. The van der Waals surface area contributed by atoms with Gasteiger partial charge in [0.15, 0.2) is 11.6 Å². The molecule has 0 spiro atoms. The van der Waals surface area contributed by atoms with E-state index in [9.17, 15) is 13.2 Å². The average Bonchev–Trinajstić information content (AvgIpc) is 2.46. The van der Waals surface area contributed by atoms with Crippen LogP contribution in [0, 0.1) is 17.5 Å². The molecule has 5 heteroatoms. The van der Waals surface area contributed by atoms with Crippen LogP contribution in [-0.4, -0.2) is 18.5 Å². The van der Waals surface area contributed by atoms with Crippen LogP contribution in [-0.2, 0) is 6.54 Å². The predicted molar refractivity (Wildman–Crippen MR) is 76.0 cm³/mol. The van der Waals surface area contributed by atoms with E-state index in [2.05, 4.69) is 0 Å². The predicted octanol–water partition coefficient (Wildman–Crippen LogP) is 3.24. The molecule has 2 nitrogen and oxygen atoms in total. The molecular formula is C16H17F3N2. The van der Waals surface area contributed by atoms with Crippen LogP contribution in [0.25, 0.3) is 0 Å². The van der Waals surface area contributed by atoms with E-state index >= 15 is 0 Å². The summed E-state index contributed by atoms with van der Waals surface area (Å²) in [4.78, 5) is 1.81. The van der Waals surface area contributed by atoms with Gasteiger partial charge in [0.2, 0.25) is 0 Å². The molecule has 0 amide bonds. The highest BCUT2D eigenvalue weighted by atomic mass is 19.2. The Morgan fingerprint density at radius 3 is 2.33 bits per heavy atom. The molecule has 0 aliphatic rings. The molecule has 0 aromatic heterocycles. The molecule has 112 valence electrons. The van der Waals surface area contributed by atoms with Crippen LogP contribution in [0.4, 0.5) is 13.2 Å². The largest absolute Gasteiger partial charge is 0.329 e. The second-order valence-electron chi connectivity index (χ2n) is 4.93.